The third-order valence-electron chi connectivity index (χ3n) is 3.03. The highest BCUT2D eigenvalue weighted by Gasteiger charge is 2.36. The van der Waals surface area contributed by atoms with E-state index in [-0.39, 0.29) is 5.91 Å². The minimum atomic E-state index is 0.124. The molecule has 0 aromatic heterocycles. The van der Waals surface area contributed by atoms with Crippen molar-refractivity contribution >= 4 is 34.2 Å². The standard InChI is InChI=1S/C11H15NOS2/c1-2-9-10(13)12(11(14)15-9)8-6-4-3-5-7-8/h2,8H,3-7H2,1H3/b9-2+. The van der Waals surface area contributed by atoms with Crippen molar-refractivity contribution in [2.75, 3.05) is 0 Å². The fourth-order valence-corrected chi connectivity index (χ4v) is 3.55. The summed E-state index contributed by atoms with van der Waals surface area (Å²) in [5.74, 6) is 0.124. The zero-order chi connectivity index (χ0) is 10.8. The van der Waals surface area contributed by atoms with Gasteiger partial charge in [0.2, 0.25) is 0 Å². The average molecular weight is 241 g/mol. The second kappa shape index (κ2) is 4.66. The number of amides is 1. The summed E-state index contributed by atoms with van der Waals surface area (Å²) < 4.78 is 0.750. The first-order valence-corrected chi connectivity index (χ1v) is 6.68. The lowest BCUT2D eigenvalue weighted by Gasteiger charge is -2.29. The molecule has 4 heteroatoms. The molecule has 1 aliphatic heterocycles. The van der Waals surface area contributed by atoms with Crippen molar-refractivity contribution in [1.29, 1.82) is 0 Å². The Balaban J connectivity index is 2.14. The minimum absolute atomic E-state index is 0.124. The summed E-state index contributed by atoms with van der Waals surface area (Å²) in [5, 5.41) is 0. The molecule has 2 aliphatic rings. The van der Waals surface area contributed by atoms with Crippen LogP contribution in [0.15, 0.2) is 11.0 Å². The van der Waals surface area contributed by atoms with Crippen LogP contribution in [0.2, 0.25) is 0 Å². The first-order chi connectivity index (χ1) is 7.24. The fourth-order valence-electron chi connectivity index (χ4n) is 2.23. The second-order valence-electron chi connectivity index (χ2n) is 3.99. The molecule has 0 N–H and O–H groups in total. The lowest BCUT2D eigenvalue weighted by Crippen LogP contribution is -2.39. The molecule has 2 fully saturated rings. The topological polar surface area (TPSA) is 20.3 Å². The van der Waals surface area contributed by atoms with Gasteiger partial charge in [0.15, 0.2) is 0 Å². The molecule has 0 atom stereocenters. The molecule has 0 unspecified atom stereocenters. The lowest BCUT2D eigenvalue weighted by molar-refractivity contribution is -0.124. The summed E-state index contributed by atoms with van der Waals surface area (Å²) in [4.78, 5) is 14.6. The molecule has 15 heavy (non-hydrogen) atoms. The number of hydrogen-bond donors (Lipinski definition) is 0. The molecule has 1 aliphatic carbocycles. The zero-order valence-electron chi connectivity index (χ0n) is 8.86. The molecule has 0 radical (unpaired) electrons. The van der Waals surface area contributed by atoms with Crippen LogP contribution < -0.4 is 0 Å². The maximum atomic E-state index is 12.0. The quantitative estimate of drug-likeness (QED) is 0.520. The van der Waals surface area contributed by atoms with Crippen molar-refractivity contribution in [3.05, 3.63) is 11.0 Å². The lowest BCUT2D eigenvalue weighted by atomic mass is 9.94. The Bertz CT molecular complexity index is 319. The number of hydrogen-bond acceptors (Lipinski definition) is 3. The van der Waals surface area contributed by atoms with Crippen LogP contribution in [0.3, 0.4) is 0 Å². The van der Waals surface area contributed by atoms with Gasteiger partial charge < -0.3 is 0 Å². The summed E-state index contributed by atoms with van der Waals surface area (Å²) >= 11 is 6.71. The van der Waals surface area contributed by atoms with Crippen molar-refractivity contribution in [3.63, 3.8) is 0 Å². The highest BCUT2D eigenvalue weighted by molar-refractivity contribution is 8.26. The Morgan fingerprint density at radius 2 is 2.07 bits per heavy atom. The second-order valence-corrected chi connectivity index (χ2v) is 5.66. The van der Waals surface area contributed by atoms with E-state index >= 15 is 0 Å². The van der Waals surface area contributed by atoms with Gasteiger partial charge >= 0.3 is 0 Å². The average Bonchev–Trinajstić information content (AvgIpc) is 2.55. The third kappa shape index (κ3) is 2.11. The Morgan fingerprint density at radius 3 is 2.60 bits per heavy atom. The van der Waals surface area contributed by atoms with Crippen molar-refractivity contribution in [1.82, 2.24) is 4.90 Å². The number of carbonyl (C=O) groups is 1. The van der Waals surface area contributed by atoms with Gasteiger partial charge in [-0.15, -0.1) is 0 Å². The van der Waals surface area contributed by atoms with Gasteiger partial charge in [0, 0.05) is 6.04 Å². The first kappa shape index (κ1) is 11.1. The van der Waals surface area contributed by atoms with E-state index in [1.807, 2.05) is 17.9 Å². The molecule has 0 spiro atoms. The van der Waals surface area contributed by atoms with Crippen LogP contribution in [0.1, 0.15) is 39.0 Å². The number of rotatable bonds is 1. The predicted octanol–water partition coefficient (Wildman–Crippen LogP) is 3.08. The number of thioether (sulfide) groups is 1. The molecule has 1 saturated carbocycles. The van der Waals surface area contributed by atoms with Gasteiger partial charge in [0.05, 0.1) is 4.91 Å². The molecule has 1 amide bonds. The molecular formula is C11H15NOS2. The van der Waals surface area contributed by atoms with Crippen molar-refractivity contribution in [2.45, 2.75) is 45.1 Å². The molecular weight excluding hydrogens is 226 g/mol. The van der Waals surface area contributed by atoms with E-state index in [1.165, 1.54) is 31.0 Å². The summed E-state index contributed by atoms with van der Waals surface area (Å²) in [5.41, 5.74) is 0. The summed E-state index contributed by atoms with van der Waals surface area (Å²) in [6, 6.07) is 0.365. The van der Waals surface area contributed by atoms with Crippen LogP contribution in [-0.2, 0) is 4.79 Å². The highest BCUT2D eigenvalue weighted by Crippen LogP contribution is 2.35. The molecule has 0 aromatic carbocycles. The van der Waals surface area contributed by atoms with E-state index in [9.17, 15) is 4.79 Å². The van der Waals surface area contributed by atoms with E-state index in [1.54, 1.807) is 0 Å². The first-order valence-electron chi connectivity index (χ1n) is 5.45. The summed E-state index contributed by atoms with van der Waals surface area (Å²) in [6.07, 6.45) is 7.85. The smallest absolute Gasteiger partial charge is 0.266 e. The van der Waals surface area contributed by atoms with Gasteiger partial charge in [0.1, 0.15) is 4.32 Å². The normalized spacial score (nSPS) is 26.7. The van der Waals surface area contributed by atoms with Crippen LogP contribution in [0.5, 0.6) is 0 Å². The maximum Gasteiger partial charge on any atom is 0.266 e. The van der Waals surface area contributed by atoms with E-state index in [0.717, 1.165) is 22.1 Å². The van der Waals surface area contributed by atoms with Crippen molar-refractivity contribution < 1.29 is 4.79 Å². The SMILES string of the molecule is C/C=C1/SC(=S)N(C2CCCCC2)C1=O. The monoisotopic (exact) mass is 241 g/mol. The van der Waals surface area contributed by atoms with E-state index in [2.05, 4.69) is 0 Å². The van der Waals surface area contributed by atoms with E-state index in [4.69, 9.17) is 12.2 Å². The molecule has 1 heterocycles. The van der Waals surface area contributed by atoms with Gasteiger partial charge in [-0.1, -0.05) is 49.3 Å². The van der Waals surface area contributed by atoms with Gasteiger partial charge in [-0.05, 0) is 19.8 Å². The summed E-state index contributed by atoms with van der Waals surface area (Å²) in [7, 11) is 0. The molecule has 0 aromatic rings. The predicted molar refractivity (Wildman–Crippen MR) is 67.7 cm³/mol. The van der Waals surface area contributed by atoms with Crippen molar-refractivity contribution in [3.8, 4) is 0 Å². The van der Waals surface area contributed by atoms with Crippen LogP contribution in [-0.4, -0.2) is 21.2 Å². The van der Waals surface area contributed by atoms with Gasteiger partial charge in [0.25, 0.3) is 5.91 Å². The number of allylic oxidation sites excluding steroid dienone is 1. The van der Waals surface area contributed by atoms with E-state index in [0.29, 0.717) is 6.04 Å². The van der Waals surface area contributed by atoms with Crippen LogP contribution in [0, 0.1) is 0 Å². The highest BCUT2D eigenvalue weighted by atomic mass is 32.2. The van der Waals surface area contributed by atoms with Crippen molar-refractivity contribution in [2.24, 2.45) is 0 Å². The van der Waals surface area contributed by atoms with E-state index < -0.39 is 0 Å². The Kier molecular flexibility index (Phi) is 3.46. The van der Waals surface area contributed by atoms with Crippen LogP contribution in [0.4, 0.5) is 0 Å². The van der Waals surface area contributed by atoms with Crippen LogP contribution in [0.25, 0.3) is 0 Å². The summed E-state index contributed by atoms with van der Waals surface area (Å²) in [6.45, 7) is 1.90. The van der Waals surface area contributed by atoms with Crippen LogP contribution >= 0.6 is 24.0 Å². The van der Waals surface area contributed by atoms with Gasteiger partial charge in [-0.25, -0.2) is 0 Å². The van der Waals surface area contributed by atoms with Gasteiger partial charge in [-0.2, -0.15) is 0 Å². The maximum absolute atomic E-state index is 12.0. The molecule has 1 saturated heterocycles. The minimum Gasteiger partial charge on any atom is -0.290 e. The fraction of sp³-hybridized carbons (Fsp3) is 0.636. The largest absolute Gasteiger partial charge is 0.290 e. The van der Waals surface area contributed by atoms with Gasteiger partial charge in [-0.3, -0.25) is 9.69 Å². The number of carbonyl (C=O) groups excluding carboxylic acids is 1. The molecule has 2 rings (SSSR count). The third-order valence-corrected chi connectivity index (χ3v) is 4.47. The molecule has 0 bridgehead atoms. The Hall–Kier alpha value is -0.350. The molecule has 2 nitrogen and oxygen atoms in total. The number of nitrogens with zero attached hydrogens (tertiary/aromatic N) is 1. The Morgan fingerprint density at radius 1 is 1.40 bits per heavy atom. The number of thiocarbonyl (C=S) groups is 1. The zero-order valence-corrected chi connectivity index (χ0v) is 10.5. The Labute approximate surface area is 100 Å². The molecule has 82 valence electrons.